The summed E-state index contributed by atoms with van der Waals surface area (Å²) < 4.78 is 5.54. The van der Waals surface area contributed by atoms with Gasteiger partial charge < -0.3 is 47.7 Å². The number of nitrogens with two attached hydrogens (primary N) is 4. The molecule has 4 fully saturated rings. The second-order valence-electron chi connectivity index (χ2n) is 21.0. The van der Waals surface area contributed by atoms with E-state index in [1.807, 2.05) is 30.5 Å². The Hall–Kier alpha value is -7.29. The largest absolute Gasteiger partial charge is 0.465 e. The lowest BCUT2D eigenvalue weighted by molar-refractivity contribution is -0.144. The molecule has 6 amide bonds. The molecule has 12 rings (SSSR count). The van der Waals surface area contributed by atoms with Gasteiger partial charge in [-0.3, -0.25) is 39.6 Å². The number of anilines is 4. The van der Waals surface area contributed by atoms with Crippen LogP contribution in [0.25, 0.3) is 11.1 Å². The number of rotatable bonds is 13. The summed E-state index contributed by atoms with van der Waals surface area (Å²) in [5.41, 5.74) is 24.4. The van der Waals surface area contributed by atoms with E-state index in [1.165, 1.54) is 0 Å². The zero-order chi connectivity index (χ0) is 51.8. The van der Waals surface area contributed by atoms with Crippen molar-refractivity contribution in [3.05, 3.63) is 101 Å². The Morgan fingerprint density at radius 2 is 1.10 bits per heavy atom. The molecule has 20 heteroatoms. The number of benzene rings is 3. The number of aromatic nitrogens is 1. The first-order valence-corrected chi connectivity index (χ1v) is 25.0. The van der Waals surface area contributed by atoms with Gasteiger partial charge in [-0.1, -0.05) is 50.2 Å². The number of carbonyl (C=O) groups is 6. The Balaban J connectivity index is 1.11. The minimum absolute atomic E-state index is 0.278. The molecule has 0 spiro atoms. The van der Waals surface area contributed by atoms with Gasteiger partial charge in [-0.05, 0) is 105 Å². The van der Waals surface area contributed by atoms with Crippen LogP contribution in [-0.4, -0.2) is 124 Å². The van der Waals surface area contributed by atoms with Crippen LogP contribution in [0.1, 0.15) is 87.5 Å². The Bertz CT molecular complexity index is 2760. The van der Waals surface area contributed by atoms with Crippen molar-refractivity contribution in [3.63, 3.8) is 0 Å². The summed E-state index contributed by atoms with van der Waals surface area (Å²) in [6, 6.07) is 21.1. The number of carboxylic acid groups (broad SMARTS) is 2. The molecule has 4 aliphatic carbocycles. The SMILES string of the molecule is CC1(CC(N)=O)c2ccc(c(N)c2)[C@@]1(C(=O)NC(=O)O)N1CCCC1[C@H]1CC[C@H](C2CCCN2[C@]2(C(=O)NC(=O)O)c3ccc(cc3N)C2(C)CC(N)=O)N1c1ccc(-c2ccc(N3CCOCC3)nc2)cc1. The standard InChI is InChI=1S/C53H63N11O9/c1-50(27-43(56)65)32-10-14-35(37(54)25-32)52(50,46(67)59-48(69)70)62-19-3-5-39(62)41-16-17-42(64(41)34-12-7-30(8-13-34)31-9-18-45(58-29-31)61-21-23-73-24-22-61)40-6-4-20-63(40)53(47(68)60-49(71)72)36-15-11-33(26-38(36)55)51(53,2)28-44(57)66/h7-15,18,25-26,29,39-42H,3-6,16-17,19-24,27-28,54-55H2,1-2H3,(H2,56,65)(H2,57,66)(H,59,67)(H,60,68)(H,69,70)(H,71,72)/t39?,40?,41-,42-,50?,51?,52+,53+/m1/s1. The van der Waals surface area contributed by atoms with E-state index in [0.717, 1.165) is 35.7 Å². The number of hydrogen-bond acceptors (Lipinski definition) is 14. The maximum atomic E-state index is 15.1. The van der Waals surface area contributed by atoms with Crippen molar-refractivity contribution in [1.29, 1.82) is 0 Å². The molecule has 4 aromatic rings. The number of carbonyl (C=O) groups excluding carboxylic acids is 4. The predicted molar refractivity (Wildman–Crippen MR) is 271 cm³/mol. The quantitative estimate of drug-likeness (QED) is 0.0886. The molecular weight excluding hydrogens is 935 g/mol. The Labute approximate surface area is 422 Å². The molecule has 73 heavy (non-hydrogen) atoms. The van der Waals surface area contributed by atoms with E-state index in [0.29, 0.717) is 87.1 Å². The van der Waals surface area contributed by atoms with Gasteiger partial charge in [-0.2, -0.15) is 0 Å². The van der Waals surface area contributed by atoms with Crippen LogP contribution in [0.3, 0.4) is 0 Å². The maximum absolute atomic E-state index is 15.1. The highest BCUT2D eigenvalue weighted by molar-refractivity contribution is 6.03. The van der Waals surface area contributed by atoms with Crippen molar-refractivity contribution in [2.75, 3.05) is 60.7 Å². The van der Waals surface area contributed by atoms with Gasteiger partial charge in [0.15, 0.2) is 0 Å². The highest BCUT2D eigenvalue weighted by Gasteiger charge is 2.68. The van der Waals surface area contributed by atoms with Crippen LogP contribution in [0.15, 0.2) is 79.0 Å². The second-order valence-corrected chi connectivity index (χ2v) is 21.0. The van der Waals surface area contributed by atoms with E-state index in [-0.39, 0.29) is 36.3 Å². The summed E-state index contributed by atoms with van der Waals surface area (Å²) in [4.78, 5) is 95.1. The minimum Gasteiger partial charge on any atom is -0.465 e. The third-order valence-electron chi connectivity index (χ3n) is 17.3. The zero-order valence-corrected chi connectivity index (χ0v) is 41.0. The number of imide groups is 2. The number of amides is 6. The van der Waals surface area contributed by atoms with Gasteiger partial charge in [-0.15, -0.1) is 0 Å². The smallest absolute Gasteiger partial charge is 0.411 e. The number of nitrogen functional groups attached to an aromatic ring is 2. The van der Waals surface area contributed by atoms with E-state index < -0.39 is 69.8 Å². The average molecular weight is 998 g/mol. The molecule has 1 aromatic heterocycles. The lowest BCUT2D eigenvalue weighted by Crippen LogP contribution is -2.72. The third-order valence-corrected chi connectivity index (χ3v) is 17.3. The first-order chi connectivity index (χ1) is 34.9. The van der Waals surface area contributed by atoms with Crippen LogP contribution in [0.4, 0.5) is 32.5 Å². The molecule has 4 unspecified atom stereocenters. The first kappa shape index (κ1) is 49.3. The molecule has 4 bridgehead atoms. The third kappa shape index (κ3) is 7.54. The highest BCUT2D eigenvalue weighted by atomic mass is 16.5. The summed E-state index contributed by atoms with van der Waals surface area (Å²) in [6.45, 7) is 7.01. The predicted octanol–water partition coefficient (Wildman–Crippen LogP) is 3.69. The van der Waals surface area contributed by atoms with Crippen LogP contribution in [0.2, 0.25) is 0 Å². The Kier molecular flexibility index (Phi) is 12.4. The van der Waals surface area contributed by atoms with Gasteiger partial charge in [0.25, 0.3) is 11.8 Å². The molecule has 384 valence electrons. The fraction of sp³-hybridized carbons (Fsp3) is 0.453. The highest BCUT2D eigenvalue weighted by Crippen LogP contribution is 2.60. The molecule has 3 aromatic carbocycles. The van der Waals surface area contributed by atoms with Crippen molar-refractivity contribution < 1.29 is 43.7 Å². The molecule has 8 atom stereocenters. The van der Waals surface area contributed by atoms with Crippen LogP contribution in [0, 0.1) is 0 Å². The van der Waals surface area contributed by atoms with E-state index >= 15 is 9.59 Å². The van der Waals surface area contributed by atoms with E-state index in [4.69, 9.17) is 32.7 Å². The number of hydrogen-bond donors (Lipinski definition) is 8. The van der Waals surface area contributed by atoms with Crippen LogP contribution in [-0.2, 0) is 45.8 Å². The maximum Gasteiger partial charge on any atom is 0.411 e. The molecule has 8 aliphatic rings. The van der Waals surface area contributed by atoms with Crippen LogP contribution >= 0.6 is 0 Å². The van der Waals surface area contributed by atoms with Gasteiger partial charge in [-0.25, -0.2) is 14.6 Å². The van der Waals surface area contributed by atoms with Crippen molar-refractivity contribution in [1.82, 2.24) is 25.4 Å². The number of likely N-dealkylation sites (tertiary alicyclic amines) is 2. The monoisotopic (exact) mass is 997 g/mol. The topological polar surface area (TPSA) is 306 Å². The van der Waals surface area contributed by atoms with Crippen molar-refractivity contribution in [3.8, 4) is 11.1 Å². The summed E-state index contributed by atoms with van der Waals surface area (Å²) in [5, 5.41) is 24.8. The van der Waals surface area contributed by atoms with Crippen LogP contribution < -0.4 is 43.4 Å². The van der Waals surface area contributed by atoms with Gasteiger partial charge in [0.05, 0.1) is 13.2 Å². The normalized spacial score (nSPS) is 29.6. The Morgan fingerprint density at radius 1 is 0.630 bits per heavy atom. The lowest BCUT2D eigenvalue weighted by Gasteiger charge is -2.59. The molecule has 0 radical (unpaired) electrons. The van der Waals surface area contributed by atoms with Crippen molar-refractivity contribution in [2.45, 2.75) is 111 Å². The van der Waals surface area contributed by atoms with E-state index in [2.05, 4.69) is 42.4 Å². The number of pyridine rings is 1. The molecule has 5 heterocycles. The molecule has 4 saturated heterocycles. The number of nitrogens with zero attached hydrogens (tertiary/aromatic N) is 5. The molecule has 12 N–H and O–H groups in total. The van der Waals surface area contributed by atoms with Crippen molar-refractivity contribution in [2.24, 2.45) is 11.5 Å². The number of morpholine rings is 1. The van der Waals surface area contributed by atoms with E-state index in [1.54, 1.807) is 50.2 Å². The fourth-order valence-electron chi connectivity index (χ4n) is 14.5. The van der Waals surface area contributed by atoms with Crippen LogP contribution in [0.5, 0.6) is 0 Å². The lowest BCUT2D eigenvalue weighted by atomic mass is 9.55. The molecular formula is C53H63N11O9. The summed E-state index contributed by atoms with van der Waals surface area (Å²) in [6.07, 6.45) is 1.70. The molecule has 20 nitrogen and oxygen atoms in total. The van der Waals surface area contributed by atoms with Crippen molar-refractivity contribution >= 4 is 58.7 Å². The number of ether oxygens (including phenoxy) is 1. The number of nitrogens with one attached hydrogen (secondary N) is 2. The summed E-state index contributed by atoms with van der Waals surface area (Å²) in [7, 11) is 0. The molecule has 4 aliphatic heterocycles. The fourth-order valence-corrected chi connectivity index (χ4v) is 14.5. The zero-order valence-electron chi connectivity index (χ0n) is 41.0. The van der Waals surface area contributed by atoms with Gasteiger partial charge in [0.2, 0.25) is 11.8 Å². The number of fused-ring (bicyclic) bond motifs is 6. The Morgan fingerprint density at radius 3 is 1.51 bits per heavy atom. The summed E-state index contributed by atoms with van der Waals surface area (Å²) >= 11 is 0. The average Bonchev–Trinajstić information content (AvgIpc) is 4.13. The summed E-state index contributed by atoms with van der Waals surface area (Å²) in [5.74, 6) is -2.18. The van der Waals surface area contributed by atoms with Gasteiger partial charge >= 0.3 is 12.2 Å². The van der Waals surface area contributed by atoms with Gasteiger partial charge in [0.1, 0.15) is 16.9 Å². The number of primary amides is 2. The second kappa shape index (κ2) is 18.3. The first-order valence-electron chi connectivity index (χ1n) is 25.0. The minimum atomic E-state index is -1.79. The molecule has 0 saturated carbocycles. The van der Waals surface area contributed by atoms with E-state index in [9.17, 15) is 29.4 Å². The van der Waals surface area contributed by atoms with Gasteiger partial charge in [0, 0.05) is 101 Å².